The molecule has 342 valence electrons. The lowest BCUT2D eigenvalue weighted by molar-refractivity contribution is -0.256. The second-order valence-corrected chi connectivity index (χ2v) is 16.0. The summed E-state index contributed by atoms with van der Waals surface area (Å²) in [6.07, 6.45) is 7.76. The second-order valence-electron chi connectivity index (χ2n) is 16.0. The third kappa shape index (κ3) is 11.9. The molecule has 1 fully saturated rings. The highest BCUT2D eigenvalue weighted by molar-refractivity contribution is 6.03. The van der Waals surface area contributed by atoms with Crippen LogP contribution in [0.25, 0.3) is 0 Å². The van der Waals surface area contributed by atoms with Crippen molar-refractivity contribution >= 4 is 11.8 Å². The van der Waals surface area contributed by atoms with E-state index in [0.29, 0.717) is 42.2 Å². The predicted octanol–water partition coefficient (Wildman–Crippen LogP) is 7.33. The molecule has 6 unspecified atom stereocenters. The third-order valence-corrected chi connectivity index (χ3v) is 12.1. The zero-order chi connectivity index (χ0) is 44.4. The molecule has 3 aliphatic rings. The van der Waals surface area contributed by atoms with Crippen LogP contribution in [-0.2, 0) is 37.0 Å². The van der Waals surface area contributed by atoms with Crippen molar-refractivity contribution in [2.24, 2.45) is 22.9 Å². The third-order valence-electron chi connectivity index (χ3n) is 12.1. The highest BCUT2D eigenvalue weighted by Crippen LogP contribution is 2.62. The number of halogens is 1. The van der Waals surface area contributed by atoms with Gasteiger partial charge in [0.05, 0.1) is 51.3 Å². The maximum absolute atomic E-state index is 14.7. The van der Waals surface area contributed by atoms with Crippen LogP contribution in [0.1, 0.15) is 67.6 Å². The average molecular weight is 875 g/mol. The van der Waals surface area contributed by atoms with Crippen molar-refractivity contribution in [2.75, 3.05) is 66.5 Å². The van der Waals surface area contributed by atoms with Crippen molar-refractivity contribution < 1.29 is 57.8 Å². The van der Waals surface area contributed by atoms with Gasteiger partial charge in [0.15, 0.2) is 0 Å². The van der Waals surface area contributed by atoms with Crippen LogP contribution in [-0.4, -0.2) is 110 Å². The Morgan fingerprint density at radius 1 is 0.921 bits per heavy atom. The van der Waals surface area contributed by atoms with Crippen LogP contribution < -0.4 is 9.47 Å². The molecule has 0 radical (unpaired) electrons. The Morgan fingerprint density at radius 2 is 1.70 bits per heavy atom. The number of aliphatic hydroxyl groups is 3. The van der Waals surface area contributed by atoms with Crippen molar-refractivity contribution in [3.05, 3.63) is 120 Å². The first-order valence-corrected chi connectivity index (χ1v) is 22.1. The molecular weight excluding hydrogens is 812 g/mol. The second kappa shape index (κ2) is 24.3. The summed E-state index contributed by atoms with van der Waals surface area (Å²) in [6.45, 7) is 4.73. The Morgan fingerprint density at radius 3 is 2.44 bits per heavy atom. The van der Waals surface area contributed by atoms with E-state index in [-0.39, 0.29) is 96.0 Å². The highest BCUT2D eigenvalue weighted by Gasteiger charge is 2.65. The smallest absolute Gasteiger partial charge is 0.410 e. The summed E-state index contributed by atoms with van der Waals surface area (Å²) in [6, 6.07) is 21.0. The number of rotatable bonds is 26. The van der Waals surface area contributed by atoms with Crippen molar-refractivity contribution in [1.29, 1.82) is 0 Å². The molecule has 6 rings (SSSR count). The standard InChI is InChI=1S/C49H63FN2O11/c1-3-25-62-49-45(52(21-26-58-27-24-55)48(56)60-29-28-59-33-35-13-5-4-6-14-35)32-43(51-57-2)40-30-36(15-9-11-22-53)39(17-10-12-23-54)46(47(40)49)41-31-38(19-20-44(41)63-49)61-34-37-16-7-8-18-42(37)50/h3-8,13-14,16,18-20,30-31,36,39,45-47,53-55H,1,9-12,15,17,21-29,32-34H2,2H3. The number of oxime groups is 1. The SMILES string of the molecule is C=CCOC12Oc3ccc(OCc4ccccc4F)cc3C3C(CCCCO)C(CCCCO)C=C(C(=NOC)CC1N(CCOCCO)C(=O)OCCOCc1ccccc1)C32. The topological polar surface area (TPSA) is 158 Å². The lowest BCUT2D eigenvalue weighted by Crippen LogP contribution is -2.70. The molecule has 14 heteroatoms. The highest BCUT2D eigenvalue weighted by atomic mass is 19.1. The van der Waals surface area contributed by atoms with Crippen LogP contribution in [0.3, 0.4) is 0 Å². The van der Waals surface area contributed by atoms with Gasteiger partial charge in [0, 0.05) is 43.2 Å². The van der Waals surface area contributed by atoms with Gasteiger partial charge in [-0.3, -0.25) is 4.90 Å². The number of carbonyl (C=O) groups excluding carboxylic acids is 1. The molecule has 6 atom stereocenters. The molecular formula is C49H63FN2O11. The van der Waals surface area contributed by atoms with Gasteiger partial charge in [-0.25, -0.2) is 9.18 Å². The van der Waals surface area contributed by atoms with Crippen molar-refractivity contribution in [1.82, 2.24) is 4.90 Å². The quantitative estimate of drug-likeness (QED) is 0.0422. The summed E-state index contributed by atoms with van der Waals surface area (Å²) >= 11 is 0. The molecule has 2 aliphatic carbocycles. The Hall–Kier alpha value is -4.83. The number of fused-ring (bicyclic) bond motifs is 2. The van der Waals surface area contributed by atoms with E-state index < -0.39 is 23.8 Å². The van der Waals surface area contributed by atoms with Crippen LogP contribution in [0.5, 0.6) is 11.5 Å². The van der Waals surface area contributed by atoms with Crippen LogP contribution in [0.15, 0.2) is 102 Å². The van der Waals surface area contributed by atoms with Gasteiger partial charge in [0.1, 0.15) is 43.7 Å². The minimum atomic E-state index is -1.52. The summed E-state index contributed by atoms with van der Waals surface area (Å²) in [5.41, 5.74) is 3.77. The first-order valence-electron chi connectivity index (χ1n) is 22.1. The molecule has 0 spiro atoms. The molecule has 3 N–H and O–H groups in total. The maximum atomic E-state index is 14.7. The van der Waals surface area contributed by atoms with Gasteiger partial charge in [-0.15, -0.1) is 6.58 Å². The zero-order valence-electron chi connectivity index (χ0n) is 36.3. The Balaban J connectivity index is 1.45. The number of carbonyl (C=O) groups is 1. The van der Waals surface area contributed by atoms with Crippen LogP contribution >= 0.6 is 0 Å². The minimum Gasteiger partial charge on any atom is -0.489 e. The van der Waals surface area contributed by atoms with Crippen molar-refractivity contribution in [3.63, 3.8) is 0 Å². The fraction of sp³-hybridized carbons (Fsp3) is 0.510. The molecule has 1 saturated carbocycles. The number of nitrogens with zero attached hydrogens (tertiary/aromatic N) is 2. The van der Waals surface area contributed by atoms with E-state index in [2.05, 4.69) is 17.8 Å². The van der Waals surface area contributed by atoms with Gasteiger partial charge in [-0.2, -0.15) is 0 Å². The molecule has 1 aliphatic heterocycles. The molecule has 3 aromatic carbocycles. The predicted molar refractivity (Wildman–Crippen MR) is 235 cm³/mol. The van der Waals surface area contributed by atoms with E-state index in [1.807, 2.05) is 42.5 Å². The minimum absolute atomic E-state index is 0.0150. The normalized spacial score (nSPS) is 22.9. The molecule has 3 aromatic rings. The van der Waals surface area contributed by atoms with Crippen LogP contribution in [0, 0.1) is 23.6 Å². The maximum Gasteiger partial charge on any atom is 0.410 e. The fourth-order valence-corrected chi connectivity index (χ4v) is 9.36. The lowest BCUT2D eigenvalue weighted by atomic mass is 9.55. The number of benzene rings is 3. The number of ether oxygens (including phenoxy) is 6. The Bertz CT molecular complexity index is 1960. The van der Waals surface area contributed by atoms with Gasteiger partial charge >= 0.3 is 6.09 Å². The first-order chi connectivity index (χ1) is 30.9. The number of allylic oxidation sites excluding steroid dienone is 1. The molecule has 0 aromatic heterocycles. The van der Waals surface area contributed by atoms with Crippen molar-refractivity contribution in [3.8, 4) is 11.5 Å². The van der Waals surface area contributed by atoms with E-state index in [1.54, 1.807) is 35.2 Å². The summed E-state index contributed by atoms with van der Waals surface area (Å²) in [5, 5.41) is 33.9. The van der Waals surface area contributed by atoms with Crippen LogP contribution in [0.2, 0.25) is 0 Å². The molecule has 63 heavy (non-hydrogen) atoms. The summed E-state index contributed by atoms with van der Waals surface area (Å²) in [4.78, 5) is 21.6. The van der Waals surface area contributed by atoms with E-state index in [0.717, 1.165) is 42.4 Å². The van der Waals surface area contributed by atoms with Crippen LogP contribution in [0.4, 0.5) is 9.18 Å². The fourth-order valence-electron chi connectivity index (χ4n) is 9.36. The number of hydrogen-bond donors (Lipinski definition) is 3. The summed E-state index contributed by atoms with van der Waals surface area (Å²) in [7, 11) is 1.49. The summed E-state index contributed by atoms with van der Waals surface area (Å²) in [5.74, 6) is -1.66. The van der Waals surface area contributed by atoms with E-state index in [1.165, 1.54) is 13.2 Å². The average Bonchev–Trinajstić information content (AvgIpc) is 3.30. The van der Waals surface area contributed by atoms with Gasteiger partial charge in [-0.1, -0.05) is 78.7 Å². The molecule has 1 amide bonds. The van der Waals surface area contributed by atoms with Gasteiger partial charge in [0.2, 0.25) is 5.79 Å². The van der Waals surface area contributed by atoms with Gasteiger partial charge in [-0.05, 0) is 72.9 Å². The molecule has 1 heterocycles. The Kier molecular flexibility index (Phi) is 18.4. The molecule has 13 nitrogen and oxygen atoms in total. The summed E-state index contributed by atoms with van der Waals surface area (Å²) < 4.78 is 52.8. The Labute approximate surface area is 370 Å². The van der Waals surface area contributed by atoms with E-state index in [4.69, 9.17) is 33.3 Å². The van der Waals surface area contributed by atoms with E-state index >= 15 is 0 Å². The number of hydrogen-bond acceptors (Lipinski definition) is 12. The van der Waals surface area contributed by atoms with E-state index in [9.17, 15) is 24.5 Å². The van der Waals surface area contributed by atoms with Crippen molar-refractivity contribution in [2.45, 2.75) is 75.9 Å². The lowest BCUT2D eigenvalue weighted by Gasteiger charge is -2.59. The largest absolute Gasteiger partial charge is 0.489 e. The number of aliphatic hydroxyl groups excluding tert-OH is 3. The number of unbranched alkanes of at least 4 members (excludes halogenated alkanes) is 2. The number of amides is 1. The zero-order valence-corrected chi connectivity index (χ0v) is 36.3. The monoisotopic (exact) mass is 874 g/mol. The molecule has 0 bridgehead atoms. The van der Waals surface area contributed by atoms with Gasteiger partial charge in [0.25, 0.3) is 0 Å². The van der Waals surface area contributed by atoms with Gasteiger partial charge < -0.3 is 48.6 Å². The molecule has 0 saturated heterocycles. The first kappa shape index (κ1) is 47.6.